The quantitative estimate of drug-likeness (QED) is 0.178. The van der Waals surface area contributed by atoms with Gasteiger partial charge in [0.25, 0.3) is 0 Å². The first-order chi connectivity index (χ1) is 23.1. The van der Waals surface area contributed by atoms with Gasteiger partial charge in [-0.15, -0.1) is 0 Å². The normalized spacial score (nSPS) is 13.9. The van der Waals surface area contributed by atoms with E-state index in [1.165, 1.54) is 98.8 Å². The van der Waals surface area contributed by atoms with Gasteiger partial charge in [-0.05, 0) is 57.6 Å². The van der Waals surface area contributed by atoms with Crippen LogP contribution in [-0.2, 0) is 5.41 Å². The van der Waals surface area contributed by atoms with Crippen LogP contribution in [0.1, 0.15) is 25.0 Å². The Hall–Kier alpha value is -5.86. The summed E-state index contributed by atoms with van der Waals surface area (Å²) in [5.74, 6) is 0. The second kappa shape index (κ2) is 8.69. The van der Waals surface area contributed by atoms with Gasteiger partial charge in [-0.2, -0.15) is 0 Å². The Labute approximate surface area is 271 Å². The third-order valence-corrected chi connectivity index (χ3v) is 11.0. The van der Waals surface area contributed by atoms with Crippen LogP contribution in [0.25, 0.3) is 87.7 Å². The first-order valence-corrected chi connectivity index (χ1v) is 16.5. The third-order valence-electron chi connectivity index (χ3n) is 11.0. The lowest BCUT2D eigenvalue weighted by atomic mass is 9.79. The smallest absolute Gasteiger partial charge is 0.0709 e. The summed E-state index contributed by atoms with van der Waals surface area (Å²) in [7, 11) is 0. The first kappa shape index (κ1) is 25.3. The average molecular weight is 599 g/mol. The molecule has 1 aliphatic rings. The SMILES string of the molecule is CC1(C)c2ccccc2-c2cccc(-c3ccc4c(c3)n3c5ccccc5c5cccc(c6cccc7c8ccccc8n4c76)c53)c21. The highest BCUT2D eigenvalue weighted by atomic mass is 15.0. The molecule has 7 aromatic carbocycles. The van der Waals surface area contributed by atoms with Crippen molar-refractivity contribution >= 4 is 65.4 Å². The van der Waals surface area contributed by atoms with Gasteiger partial charge in [0.15, 0.2) is 0 Å². The maximum Gasteiger partial charge on any atom is 0.0709 e. The van der Waals surface area contributed by atoms with Crippen molar-refractivity contribution in [2.45, 2.75) is 19.3 Å². The molecule has 0 radical (unpaired) electrons. The molecular weight excluding hydrogens is 569 g/mol. The van der Waals surface area contributed by atoms with Gasteiger partial charge in [-0.3, -0.25) is 0 Å². The molecule has 10 aromatic rings. The van der Waals surface area contributed by atoms with Crippen LogP contribution in [0.2, 0.25) is 0 Å². The van der Waals surface area contributed by atoms with E-state index >= 15 is 0 Å². The van der Waals surface area contributed by atoms with Gasteiger partial charge < -0.3 is 8.80 Å². The van der Waals surface area contributed by atoms with E-state index in [2.05, 4.69) is 168 Å². The summed E-state index contributed by atoms with van der Waals surface area (Å²) < 4.78 is 5.06. The molecule has 2 nitrogen and oxygen atoms in total. The van der Waals surface area contributed by atoms with Gasteiger partial charge in [0.05, 0.1) is 33.1 Å². The number of nitrogens with zero attached hydrogens (tertiary/aromatic N) is 2. The Morgan fingerprint density at radius 3 is 1.55 bits per heavy atom. The molecule has 0 aliphatic heterocycles. The van der Waals surface area contributed by atoms with E-state index in [1.54, 1.807) is 0 Å². The molecule has 3 heterocycles. The van der Waals surface area contributed by atoms with Crippen LogP contribution < -0.4 is 0 Å². The molecule has 3 aromatic heterocycles. The van der Waals surface area contributed by atoms with E-state index in [0.29, 0.717) is 0 Å². The van der Waals surface area contributed by atoms with E-state index < -0.39 is 0 Å². The van der Waals surface area contributed by atoms with Crippen LogP contribution >= 0.6 is 0 Å². The summed E-state index contributed by atoms with van der Waals surface area (Å²) >= 11 is 0. The number of rotatable bonds is 1. The van der Waals surface area contributed by atoms with Gasteiger partial charge in [-0.25, -0.2) is 0 Å². The van der Waals surface area contributed by atoms with Gasteiger partial charge in [0.2, 0.25) is 0 Å². The second-order valence-corrected chi connectivity index (χ2v) is 13.7. The minimum Gasteiger partial charge on any atom is -0.307 e. The van der Waals surface area contributed by atoms with E-state index in [1.807, 2.05) is 0 Å². The summed E-state index contributed by atoms with van der Waals surface area (Å²) in [6.45, 7) is 4.77. The summed E-state index contributed by atoms with van der Waals surface area (Å²) in [4.78, 5) is 0. The minimum atomic E-state index is -0.103. The highest BCUT2D eigenvalue weighted by Gasteiger charge is 2.37. The number of aromatic nitrogens is 2. The topological polar surface area (TPSA) is 8.82 Å². The number of para-hydroxylation sites is 4. The van der Waals surface area contributed by atoms with Crippen LogP contribution in [0, 0.1) is 0 Å². The zero-order valence-electron chi connectivity index (χ0n) is 26.3. The number of hydrogen-bond acceptors (Lipinski definition) is 0. The Kier molecular flexibility index (Phi) is 4.68. The fourth-order valence-electron chi connectivity index (χ4n) is 9.12. The highest BCUT2D eigenvalue weighted by Crippen LogP contribution is 2.52. The minimum absolute atomic E-state index is 0.103. The number of fused-ring (bicyclic) bond motifs is 13. The molecule has 0 N–H and O–H groups in total. The lowest BCUT2D eigenvalue weighted by molar-refractivity contribution is 0.662. The van der Waals surface area contributed by atoms with Crippen LogP contribution in [0.4, 0.5) is 0 Å². The van der Waals surface area contributed by atoms with Crippen molar-refractivity contribution in [3.8, 4) is 22.3 Å². The molecular formula is C45H30N2. The molecule has 0 saturated carbocycles. The lowest BCUT2D eigenvalue weighted by Crippen LogP contribution is -2.16. The molecule has 0 bridgehead atoms. The standard InChI is InChI=1S/C45H30N2/c1-45(2)37-21-6-3-12-29(37)32-16-9-15-28(42(32)45)27-24-25-40-41(26-27)47-39-23-8-5-14-31(39)34-18-11-20-36(44(34)47)35-19-10-17-33-30-13-4-7-22-38(30)46(40)43(33)35/h3-26H,1-2H3. The summed E-state index contributed by atoms with van der Waals surface area (Å²) in [5, 5.41) is 7.67. The molecule has 11 rings (SSSR count). The van der Waals surface area contributed by atoms with E-state index in [9.17, 15) is 0 Å². The van der Waals surface area contributed by atoms with Crippen LogP contribution in [-0.4, -0.2) is 8.80 Å². The fraction of sp³-hybridized carbons (Fsp3) is 0.0667. The zero-order valence-corrected chi connectivity index (χ0v) is 26.3. The third kappa shape index (κ3) is 3.06. The summed E-state index contributed by atoms with van der Waals surface area (Å²) in [5.41, 5.74) is 15.3. The molecule has 1 aliphatic carbocycles. The highest BCUT2D eigenvalue weighted by molar-refractivity contribution is 6.25. The van der Waals surface area contributed by atoms with Crippen molar-refractivity contribution < 1.29 is 0 Å². The molecule has 0 spiro atoms. The van der Waals surface area contributed by atoms with Gasteiger partial charge in [0, 0.05) is 37.7 Å². The number of benzene rings is 7. The van der Waals surface area contributed by atoms with Crippen LogP contribution in [0.3, 0.4) is 0 Å². The number of hydrogen-bond donors (Lipinski definition) is 0. The van der Waals surface area contributed by atoms with Gasteiger partial charge in [-0.1, -0.05) is 135 Å². The van der Waals surface area contributed by atoms with Crippen molar-refractivity contribution in [2.24, 2.45) is 0 Å². The Morgan fingerprint density at radius 2 is 0.872 bits per heavy atom. The Balaban J connectivity index is 1.40. The average Bonchev–Trinajstić information content (AvgIpc) is 3.71. The van der Waals surface area contributed by atoms with Crippen LogP contribution in [0.15, 0.2) is 146 Å². The molecule has 0 atom stereocenters. The van der Waals surface area contributed by atoms with E-state index in [4.69, 9.17) is 0 Å². The molecule has 0 unspecified atom stereocenters. The van der Waals surface area contributed by atoms with Gasteiger partial charge >= 0.3 is 0 Å². The monoisotopic (exact) mass is 598 g/mol. The largest absolute Gasteiger partial charge is 0.307 e. The van der Waals surface area contributed by atoms with Crippen molar-refractivity contribution in [3.63, 3.8) is 0 Å². The predicted molar refractivity (Wildman–Crippen MR) is 199 cm³/mol. The molecule has 0 fully saturated rings. The molecule has 2 heteroatoms. The fourth-order valence-corrected chi connectivity index (χ4v) is 9.12. The molecule has 0 amide bonds. The molecule has 47 heavy (non-hydrogen) atoms. The lowest BCUT2D eigenvalue weighted by Gasteiger charge is -2.24. The van der Waals surface area contributed by atoms with Crippen LogP contribution in [0.5, 0.6) is 0 Å². The second-order valence-electron chi connectivity index (χ2n) is 13.7. The van der Waals surface area contributed by atoms with E-state index in [0.717, 1.165) is 0 Å². The summed E-state index contributed by atoms with van der Waals surface area (Å²) in [6, 6.07) is 54.4. The molecule has 0 saturated heterocycles. The maximum atomic E-state index is 2.54. The molecule has 220 valence electrons. The zero-order chi connectivity index (χ0) is 31.0. The van der Waals surface area contributed by atoms with Crippen molar-refractivity contribution in [1.29, 1.82) is 0 Å². The predicted octanol–water partition coefficient (Wildman–Crippen LogP) is 11.9. The Bertz CT molecular complexity index is 2990. The van der Waals surface area contributed by atoms with Crippen molar-refractivity contribution in [2.75, 3.05) is 0 Å². The van der Waals surface area contributed by atoms with Crippen molar-refractivity contribution in [3.05, 3.63) is 157 Å². The first-order valence-electron chi connectivity index (χ1n) is 16.5. The summed E-state index contributed by atoms with van der Waals surface area (Å²) in [6.07, 6.45) is 0. The van der Waals surface area contributed by atoms with Crippen molar-refractivity contribution in [1.82, 2.24) is 8.80 Å². The maximum absolute atomic E-state index is 2.54. The van der Waals surface area contributed by atoms with Gasteiger partial charge in [0.1, 0.15) is 0 Å². The van der Waals surface area contributed by atoms with E-state index in [-0.39, 0.29) is 5.41 Å². The Morgan fingerprint density at radius 1 is 0.383 bits per heavy atom.